The summed E-state index contributed by atoms with van der Waals surface area (Å²) in [6.45, 7) is 3.00. The molecule has 0 spiro atoms. The third-order valence-electron chi connectivity index (χ3n) is 4.93. The van der Waals surface area contributed by atoms with Crippen LogP contribution >= 0.6 is 0 Å². The third-order valence-corrected chi connectivity index (χ3v) is 5.54. The largest absolute Gasteiger partial charge is 0.493 e. The van der Waals surface area contributed by atoms with Gasteiger partial charge in [0.15, 0.2) is 17.7 Å². The summed E-state index contributed by atoms with van der Waals surface area (Å²) in [5.41, 5.74) is 2.73. The molecule has 0 aromatic heterocycles. The van der Waals surface area contributed by atoms with Gasteiger partial charge < -0.3 is 19.3 Å². The number of nitrogens with zero attached hydrogens (tertiary/aromatic N) is 1. The fourth-order valence-corrected chi connectivity index (χ4v) is 4.12. The van der Waals surface area contributed by atoms with Gasteiger partial charge in [0.25, 0.3) is 0 Å². The Morgan fingerprint density at radius 2 is 1.67 bits per heavy atom. The van der Waals surface area contributed by atoms with Crippen molar-refractivity contribution in [3.63, 3.8) is 0 Å². The number of rotatable bonds is 8. The van der Waals surface area contributed by atoms with E-state index in [-0.39, 0.29) is 0 Å². The minimum atomic E-state index is -3.34. The molecule has 8 nitrogen and oxygen atoms in total. The summed E-state index contributed by atoms with van der Waals surface area (Å²) in [6, 6.07) is 10.6. The highest BCUT2D eigenvalue weighted by Crippen LogP contribution is 2.34. The van der Waals surface area contributed by atoms with E-state index in [0.717, 1.165) is 18.2 Å². The summed E-state index contributed by atoms with van der Waals surface area (Å²) in [5, 5.41) is 10.4. The second-order valence-electron chi connectivity index (χ2n) is 7.34. The molecule has 2 aromatic carbocycles. The molecule has 2 aromatic rings. The van der Waals surface area contributed by atoms with Gasteiger partial charge in [-0.25, -0.2) is 8.42 Å². The van der Waals surface area contributed by atoms with E-state index in [0.29, 0.717) is 36.0 Å². The maximum Gasteiger partial charge on any atom is 0.229 e. The van der Waals surface area contributed by atoms with Crippen LogP contribution in [0.15, 0.2) is 36.4 Å². The molecule has 1 heterocycles. The third kappa shape index (κ3) is 5.35. The van der Waals surface area contributed by atoms with Gasteiger partial charge in [-0.05, 0) is 60.9 Å². The number of nitrogens with one attached hydrogen (secondary N) is 1. The van der Waals surface area contributed by atoms with Gasteiger partial charge in [-0.1, -0.05) is 0 Å². The molecule has 30 heavy (non-hydrogen) atoms. The predicted molar refractivity (Wildman–Crippen MR) is 115 cm³/mol. The average molecular weight is 437 g/mol. The first-order valence-electron chi connectivity index (χ1n) is 9.60. The Morgan fingerprint density at radius 3 is 2.20 bits per heavy atom. The van der Waals surface area contributed by atoms with Crippen molar-refractivity contribution in [2.75, 3.05) is 31.7 Å². The van der Waals surface area contributed by atoms with Crippen molar-refractivity contribution in [2.45, 2.75) is 32.2 Å². The van der Waals surface area contributed by atoms with Gasteiger partial charge in [0.1, 0.15) is 11.9 Å². The first-order chi connectivity index (χ1) is 14.2. The van der Waals surface area contributed by atoms with Crippen molar-refractivity contribution < 1.29 is 27.7 Å². The molecule has 0 fully saturated rings. The van der Waals surface area contributed by atoms with Gasteiger partial charge in [0.2, 0.25) is 10.0 Å². The molecule has 2 atom stereocenters. The number of hydrogen-bond acceptors (Lipinski definition) is 7. The molecule has 0 saturated carbocycles. The lowest BCUT2D eigenvalue weighted by Crippen LogP contribution is -2.48. The normalized spacial score (nSPS) is 16.3. The quantitative estimate of drug-likeness (QED) is 0.655. The Bertz CT molecular complexity index is 976. The van der Waals surface area contributed by atoms with E-state index in [1.54, 1.807) is 45.4 Å². The van der Waals surface area contributed by atoms with E-state index in [9.17, 15) is 13.5 Å². The number of hydrogen-bond donors (Lipinski definition) is 2. The number of aliphatic hydroxyl groups excluding tert-OH is 1. The van der Waals surface area contributed by atoms with Crippen molar-refractivity contribution in [1.82, 2.24) is 4.90 Å². The van der Waals surface area contributed by atoms with Crippen molar-refractivity contribution in [2.24, 2.45) is 0 Å². The molecule has 3 rings (SSSR count). The van der Waals surface area contributed by atoms with Crippen molar-refractivity contribution >= 4 is 15.7 Å². The molecule has 0 bridgehead atoms. The zero-order valence-electron chi connectivity index (χ0n) is 17.6. The summed E-state index contributed by atoms with van der Waals surface area (Å²) in [7, 11) is -0.117. The number of ether oxygens (including phenoxy) is 3. The number of benzene rings is 2. The van der Waals surface area contributed by atoms with Crippen LogP contribution in [0.25, 0.3) is 0 Å². The van der Waals surface area contributed by atoms with E-state index in [4.69, 9.17) is 14.2 Å². The van der Waals surface area contributed by atoms with Crippen LogP contribution in [-0.4, -0.2) is 57.8 Å². The van der Waals surface area contributed by atoms with Crippen molar-refractivity contribution in [3.05, 3.63) is 47.5 Å². The smallest absolute Gasteiger partial charge is 0.229 e. The number of fused-ring (bicyclic) bond motifs is 1. The van der Waals surface area contributed by atoms with Crippen LogP contribution in [0.1, 0.15) is 18.1 Å². The molecule has 0 aliphatic carbocycles. The monoisotopic (exact) mass is 436 g/mol. The lowest BCUT2D eigenvalue weighted by molar-refractivity contribution is -0.0647. The zero-order chi connectivity index (χ0) is 21.9. The van der Waals surface area contributed by atoms with E-state index in [2.05, 4.69) is 9.62 Å². The molecular weight excluding hydrogens is 408 g/mol. The number of anilines is 1. The van der Waals surface area contributed by atoms with Crippen molar-refractivity contribution in [1.29, 1.82) is 0 Å². The van der Waals surface area contributed by atoms with Crippen LogP contribution in [-0.2, 0) is 23.0 Å². The molecule has 1 aliphatic heterocycles. The molecule has 0 radical (unpaired) electrons. The predicted octanol–water partition coefficient (Wildman–Crippen LogP) is 2.22. The van der Waals surface area contributed by atoms with Crippen LogP contribution in [0.3, 0.4) is 0 Å². The Labute approximate surface area is 177 Å². The molecule has 1 aliphatic rings. The molecule has 1 unspecified atom stereocenters. The Morgan fingerprint density at radius 1 is 1.07 bits per heavy atom. The Kier molecular flexibility index (Phi) is 6.74. The van der Waals surface area contributed by atoms with Crippen LogP contribution < -0.4 is 18.9 Å². The fourth-order valence-electron chi connectivity index (χ4n) is 3.56. The van der Waals surface area contributed by atoms with Gasteiger partial charge in [0, 0.05) is 18.8 Å². The summed E-state index contributed by atoms with van der Waals surface area (Å²) in [5.74, 6) is 1.91. The van der Waals surface area contributed by atoms with Gasteiger partial charge in [-0.15, -0.1) is 0 Å². The molecule has 0 saturated heterocycles. The highest BCUT2D eigenvalue weighted by molar-refractivity contribution is 7.92. The average Bonchev–Trinajstić information content (AvgIpc) is 2.70. The van der Waals surface area contributed by atoms with Crippen LogP contribution in [0, 0.1) is 0 Å². The van der Waals surface area contributed by atoms with Gasteiger partial charge in [0.05, 0.1) is 20.5 Å². The van der Waals surface area contributed by atoms with Crippen molar-refractivity contribution in [3.8, 4) is 17.2 Å². The van der Waals surface area contributed by atoms with Gasteiger partial charge in [-0.3, -0.25) is 9.62 Å². The van der Waals surface area contributed by atoms with Gasteiger partial charge in [-0.2, -0.15) is 0 Å². The van der Waals surface area contributed by atoms with E-state index in [1.807, 2.05) is 12.1 Å². The SMILES string of the molecule is COc1cc2c(cc1OC)CN([C@H](Oc1ccc(NS(C)(=O)=O)cc1)C(C)O)CC2. The first kappa shape index (κ1) is 22.2. The fraction of sp³-hybridized carbons (Fsp3) is 0.429. The van der Waals surface area contributed by atoms with E-state index in [1.165, 1.54) is 5.56 Å². The van der Waals surface area contributed by atoms with E-state index >= 15 is 0 Å². The Hall–Kier alpha value is -2.49. The van der Waals surface area contributed by atoms with Gasteiger partial charge >= 0.3 is 0 Å². The Balaban J connectivity index is 1.76. The molecular formula is C21H28N2O6S. The molecule has 164 valence electrons. The minimum absolute atomic E-state index is 0.450. The maximum atomic E-state index is 11.3. The summed E-state index contributed by atoms with van der Waals surface area (Å²) < 4.78 is 42.0. The standard InChI is InChI=1S/C21H28N2O6S/c1-14(24)21(29-18-7-5-17(6-8-18)22-30(4,25)26)23-10-9-15-11-19(27-2)20(28-3)12-16(15)13-23/h5-8,11-12,14,21-22,24H,9-10,13H2,1-4H3/t14?,21-/m1/s1. The summed E-state index contributed by atoms with van der Waals surface area (Å²) in [6.07, 6.45) is 0.597. The molecule has 9 heteroatoms. The topological polar surface area (TPSA) is 97.3 Å². The van der Waals surface area contributed by atoms with Crippen LogP contribution in [0.4, 0.5) is 5.69 Å². The minimum Gasteiger partial charge on any atom is -0.493 e. The van der Waals surface area contributed by atoms with Crippen LogP contribution in [0.5, 0.6) is 17.2 Å². The lowest BCUT2D eigenvalue weighted by Gasteiger charge is -2.37. The molecule has 0 amide bonds. The maximum absolute atomic E-state index is 11.3. The lowest BCUT2D eigenvalue weighted by atomic mass is 9.98. The number of methoxy groups -OCH3 is 2. The number of sulfonamides is 1. The molecule has 2 N–H and O–H groups in total. The highest BCUT2D eigenvalue weighted by atomic mass is 32.2. The second kappa shape index (κ2) is 9.11. The second-order valence-corrected chi connectivity index (χ2v) is 9.09. The summed E-state index contributed by atoms with van der Waals surface area (Å²) >= 11 is 0. The summed E-state index contributed by atoms with van der Waals surface area (Å²) in [4.78, 5) is 2.07. The van der Waals surface area contributed by atoms with Crippen LogP contribution in [0.2, 0.25) is 0 Å². The highest BCUT2D eigenvalue weighted by Gasteiger charge is 2.29. The number of aliphatic hydroxyl groups is 1. The zero-order valence-corrected chi connectivity index (χ0v) is 18.4. The first-order valence-corrected chi connectivity index (χ1v) is 11.5. The van der Waals surface area contributed by atoms with E-state index < -0.39 is 22.4 Å².